The first kappa shape index (κ1) is 18.8. The topological polar surface area (TPSA) is 75.6 Å². The number of methoxy groups -OCH3 is 1. The minimum atomic E-state index is -1.16. The van der Waals surface area contributed by atoms with Gasteiger partial charge < -0.3 is 15.2 Å². The molecule has 25 heavy (non-hydrogen) atoms. The van der Waals surface area contributed by atoms with Gasteiger partial charge in [0.25, 0.3) is 5.91 Å². The summed E-state index contributed by atoms with van der Waals surface area (Å²) in [5.41, 5.74) is 1.81. The van der Waals surface area contributed by atoms with Crippen molar-refractivity contribution in [3.05, 3.63) is 58.1 Å². The van der Waals surface area contributed by atoms with E-state index in [2.05, 4.69) is 26.1 Å². The van der Waals surface area contributed by atoms with E-state index >= 15 is 0 Å². The van der Waals surface area contributed by atoms with Gasteiger partial charge in [-0.3, -0.25) is 4.79 Å². The van der Waals surface area contributed by atoms with Crippen LogP contribution in [0.1, 0.15) is 47.1 Å². The van der Waals surface area contributed by atoms with E-state index in [0.29, 0.717) is 5.56 Å². The standard InChI is InChI=1S/C19H20ClNO4/c1-19(2,3)12-7-5-11(6-8-12)17(22)21-15-10-16(25-4)13(18(23)24)9-14(15)20/h5-10H,1-4H3,(H,21,22)(H,23,24). The van der Waals surface area contributed by atoms with Crippen molar-refractivity contribution >= 4 is 29.2 Å². The van der Waals surface area contributed by atoms with Crippen LogP contribution in [0.2, 0.25) is 5.02 Å². The summed E-state index contributed by atoms with van der Waals surface area (Å²) in [7, 11) is 1.35. The van der Waals surface area contributed by atoms with E-state index < -0.39 is 5.97 Å². The van der Waals surface area contributed by atoms with Gasteiger partial charge >= 0.3 is 5.97 Å². The van der Waals surface area contributed by atoms with E-state index in [0.717, 1.165) is 5.56 Å². The molecular formula is C19H20ClNO4. The highest BCUT2D eigenvalue weighted by Gasteiger charge is 2.18. The van der Waals surface area contributed by atoms with Crippen LogP contribution in [0.4, 0.5) is 5.69 Å². The average molecular weight is 362 g/mol. The third-order valence-corrected chi connectivity index (χ3v) is 4.09. The van der Waals surface area contributed by atoms with Crippen LogP contribution < -0.4 is 10.1 Å². The van der Waals surface area contributed by atoms with Crippen LogP contribution in [-0.4, -0.2) is 24.1 Å². The number of halogens is 1. The highest BCUT2D eigenvalue weighted by Crippen LogP contribution is 2.31. The third-order valence-electron chi connectivity index (χ3n) is 3.78. The maximum atomic E-state index is 12.4. The Morgan fingerprint density at radius 2 is 1.72 bits per heavy atom. The summed E-state index contributed by atoms with van der Waals surface area (Å²) in [6.45, 7) is 6.29. The largest absolute Gasteiger partial charge is 0.496 e. The molecule has 2 aromatic rings. The molecule has 0 aliphatic heterocycles. The van der Waals surface area contributed by atoms with Gasteiger partial charge in [0.05, 0.1) is 17.8 Å². The summed E-state index contributed by atoms with van der Waals surface area (Å²) in [6, 6.07) is 9.95. The molecule has 132 valence electrons. The predicted octanol–water partition coefficient (Wildman–Crippen LogP) is 4.60. The van der Waals surface area contributed by atoms with Gasteiger partial charge in [0.2, 0.25) is 0 Å². The number of carboxylic acid groups (broad SMARTS) is 1. The van der Waals surface area contributed by atoms with E-state index in [1.54, 1.807) is 12.1 Å². The monoisotopic (exact) mass is 361 g/mol. The molecule has 0 unspecified atom stereocenters. The van der Waals surface area contributed by atoms with Gasteiger partial charge in [-0.15, -0.1) is 0 Å². The molecule has 2 N–H and O–H groups in total. The molecule has 5 nitrogen and oxygen atoms in total. The Morgan fingerprint density at radius 3 is 2.20 bits per heavy atom. The van der Waals surface area contributed by atoms with Crippen molar-refractivity contribution in [2.24, 2.45) is 0 Å². The molecule has 0 bridgehead atoms. The molecule has 0 aliphatic carbocycles. The second-order valence-corrected chi connectivity index (χ2v) is 7.03. The van der Waals surface area contributed by atoms with E-state index in [9.17, 15) is 9.59 Å². The third kappa shape index (κ3) is 4.31. The van der Waals surface area contributed by atoms with Gasteiger partial charge in [-0.25, -0.2) is 4.79 Å². The summed E-state index contributed by atoms with van der Waals surface area (Å²) in [5, 5.41) is 11.9. The van der Waals surface area contributed by atoms with E-state index in [1.165, 1.54) is 19.2 Å². The summed E-state index contributed by atoms with van der Waals surface area (Å²) in [5.74, 6) is -1.38. The number of carbonyl (C=O) groups is 2. The molecule has 0 aromatic heterocycles. The minimum absolute atomic E-state index is 0.00164. The number of nitrogens with one attached hydrogen (secondary N) is 1. The van der Waals surface area contributed by atoms with Gasteiger partial charge in [-0.1, -0.05) is 44.5 Å². The van der Waals surface area contributed by atoms with Crippen LogP contribution in [0.5, 0.6) is 5.75 Å². The highest BCUT2D eigenvalue weighted by atomic mass is 35.5. The second-order valence-electron chi connectivity index (χ2n) is 6.62. The number of carbonyl (C=O) groups excluding carboxylic acids is 1. The Hall–Kier alpha value is -2.53. The number of hydrogen-bond acceptors (Lipinski definition) is 3. The number of benzene rings is 2. The van der Waals surface area contributed by atoms with E-state index in [-0.39, 0.29) is 33.3 Å². The summed E-state index contributed by atoms with van der Waals surface area (Å²) in [4.78, 5) is 23.6. The molecule has 0 heterocycles. The molecule has 6 heteroatoms. The molecule has 1 amide bonds. The lowest BCUT2D eigenvalue weighted by Crippen LogP contribution is -2.15. The van der Waals surface area contributed by atoms with Crippen molar-refractivity contribution in [3.8, 4) is 5.75 Å². The molecule has 0 saturated heterocycles. The molecule has 0 fully saturated rings. The smallest absolute Gasteiger partial charge is 0.339 e. The van der Waals surface area contributed by atoms with Gasteiger partial charge in [-0.2, -0.15) is 0 Å². The van der Waals surface area contributed by atoms with Crippen molar-refractivity contribution < 1.29 is 19.4 Å². The highest BCUT2D eigenvalue weighted by molar-refractivity contribution is 6.34. The normalized spacial score (nSPS) is 11.1. The first-order chi connectivity index (χ1) is 11.6. The molecule has 2 rings (SSSR count). The zero-order valence-corrected chi connectivity index (χ0v) is 15.3. The van der Waals surface area contributed by atoms with Gasteiger partial charge in [-0.05, 0) is 29.2 Å². The summed E-state index contributed by atoms with van der Waals surface area (Å²) < 4.78 is 5.05. The molecule has 0 saturated carbocycles. The molecule has 0 atom stereocenters. The quantitative estimate of drug-likeness (QED) is 0.834. The van der Waals surface area contributed by atoms with Crippen LogP contribution in [0.25, 0.3) is 0 Å². The first-order valence-electron chi connectivity index (χ1n) is 7.66. The molecule has 0 spiro atoms. The van der Waals surface area contributed by atoms with Crippen LogP contribution in [0.15, 0.2) is 36.4 Å². The number of ether oxygens (including phenoxy) is 1. The average Bonchev–Trinajstić information content (AvgIpc) is 2.55. The molecule has 2 aromatic carbocycles. The SMILES string of the molecule is COc1cc(NC(=O)c2ccc(C(C)(C)C)cc2)c(Cl)cc1C(=O)O. The molecular weight excluding hydrogens is 342 g/mol. The number of anilines is 1. The van der Waals surface area contributed by atoms with E-state index in [1.807, 2.05) is 12.1 Å². The van der Waals surface area contributed by atoms with Crippen molar-refractivity contribution in [2.45, 2.75) is 26.2 Å². The lowest BCUT2D eigenvalue weighted by atomic mass is 9.87. The second kappa shape index (κ2) is 7.15. The Balaban J connectivity index is 2.27. The van der Waals surface area contributed by atoms with Crippen molar-refractivity contribution in [3.63, 3.8) is 0 Å². The number of hydrogen-bond donors (Lipinski definition) is 2. The Bertz CT molecular complexity index is 807. The first-order valence-corrected chi connectivity index (χ1v) is 8.04. The number of aromatic carboxylic acids is 1. The zero-order chi connectivity index (χ0) is 18.8. The zero-order valence-electron chi connectivity index (χ0n) is 14.5. The fourth-order valence-corrected chi connectivity index (χ4v) is 2.51. The fourth-order valence-electron chi connectivity index (χ4n) is 2.30. The lowest BCUT2D eigenvalue weighted by molar-refractivity contribution is 0.0693. The molecule has 0 aliphatic rings. The molecule has 0 radical (unpaired) electrons. The fraction of sp³-hybridized carbons (Fsp3) is 0.263. The van der Waals surface area contributed by atoms with Gasteiger partial charge in [0.1, 0.15) is 11.3 Å². The maximum absolute atomic E-state index is 12.4. The predicted molar refractivity (Wildman–Crippen MR) is 98.1 cm³/mol. The summed E-state index contributed by atoms with van der Waals surface area (Å²) in [6.07, 6.45) is 0. The van der Waals surface area contributed by atoms with Crippen molar-refractivity contribution in [2.75, 3.05) is 12.4 Å². The number of carboxylic acids is 1. The minimum Gasteiger partial charge on any atom is -0.496 e. The van der Waals surface area contributed by atoms with Gasteiger partial charge in [0, 0.05) is 11.6 Å². The Morgan fingerprint density at radius 1 is 1.12 bits per heavy atom. The lowest BCUT2D eigenvalue weighted by Gasteiger charge is -2.19. The van der Waals surface area contributed by atoms with Crippen LogP contribution >= 0.6 is 11.6 Å². The number of rotatable bonds is 4. The van der Waals surface area contributed by atoms with Crippen molar-refractivity contribution in [1.82, 2.24) is 0 Å². The van der Waals surface area contributed by atoms with Crippen LogP contribution in [0, 0.1) is 0 Å². The summed E-state index contributed by atoms with van der Waals surface area (Å²) >= 11 is 6.09. The number of amides is 1. The van der Waals surface area contributed by atoms with Crippen molar-refractivity contribution in [1.29, 1.82) is 0 Å². The van der Waals surface area contributed by atoms with E-state index in [4.69, 9.17) is 21.4 Å². The Kier molecular flexibility index (Phi) is 5.38. The Labute approximate surface area is 151 Å². The van der Waals surface area contributed by atoms with Gasteiger partial charge in [0.15, 0.2) is 0 Å². The van der Waals surface area contributed by atoms with Crippen LogP contribution in [0.3, 0.4) is 0 Å². The van der Waals surface area contributed by atoms with Crippen LogP contribution in [-0.2, 0) is 5.41 Å². The maximum Gasteiger partial charge on any atom is 0.339 e.